The lowest BCUT2D eigenvalue weighted by atomic mass is 9.50. The second kappa shape index (κ2) is 8.51. The van der Waals surface area contributed by atoms with Crippen molar-refractivity contribution in [2.45, 2.75) is 48.8 Å². The molecule has 1 aromatic heterocycles. The number of aromatic nitrogens is 2. The van der Waals surface area contributed by atoms with E-state index in [4.69, 9.17) is 16.3 Å². The highest BCUT2D eigenvalue weighted by molar-refractivity contribution is 7.89. The highest BCUT2D eigenvalue weighted by Gasteiger charge is 2.53. The van der Waals surface area contributed by atoms with Gasteiger partial charge in [-0.1, -0.05) is 22.9 Å². The summed E-state index contributed by atoms with van der Waals surface area (Å²) in [6.45, 7) is 1.18. The Morgan fingerprint density at radius 3 is 2.38 bits per heavy atom. The van der Waals surface area contributed by atoms with Crippen LogP contribution in [0.1, 0.15) is 53.9 Å². The number of ether oxygens (including phenoxy) is 1. The monoisotopic (exact) mass is 522 g/mol. The van der Waals surface area contributed by atoms with Crippen LogP contribution in [0.5, 0.6) is 0 Å². The average Bonchev–Trinajstić information content (AvgIpc) is 3.28. The summed E-state index contributed by atoms with van der Waals surface area (Å²) in [5.74, 6) is 1.97. The maximum Gasteiger partial charge on any atom is 0.257 e. The Bertz CT molecular complexity index is 1190. The van der Waals surface area contributed by atoms with Crippen molar-refractivity contribution >= 4 is 44.0 Å². The molecule has 1 aromatic carbocycles. The first-order chi connectivity index (χ1) is 16.3. The van der Waals surface area contributed by atoms with E-state index >= 15 is 0 Å². The number of sulfonamides is 1. The van der Waals surface area contributed by atoms with Crippen LogP contribution in [-0.2, 0) is 20.2 Å². The second-order valence-electron chi connectivity index (χ2n) is 10.2. The van der Waals surface area contributed by atoms with Gasteiger partial charge in [0.1, 0.15) is 9.90 Å². The molecular weight excluding hydrogens is 496 g/mol. The summed E-state index contributed by atoms with van der Waals surface area (Å²) in [6.07, 6.45) is 7.61. The molecule has 182 valence electrons. The molecule has 4 bridgehead atoms. The first-order valence-corrected chi connectivity index (χ1v) is 14.5. The third kappa shape index (κ3) is 3.97. The fourth-order valence-corrected chi connectivity index (χ4v) is 9.66. The topological polar surface area (TPSA) is 101 Å². The zero-order valence-corrected chi connectivity index (χ0v) is 21.1. The van der Waals surface area contributed by atoms with Crippen molar-refractivity contribution in [3.63, 3.8) is 0 Å². The van der Waals surface area contributed by atoms with Gasteiger partial charge in [0, 0.05) is 24.1 Å². The van der Waals surface area contributed by atoms with Crippen molar-refractivity contribution in [3.05, 3.63) is 33.8 Å². The van der Waals surface area contributed by atoms with Gasteiger partial charge in [0.05, 0.1) is 18.2 Å². The maximum atomic E-state index is 13.1. The van der Waals surface area contributed by atoms with E-state index in [1.54, 1.807) is 0 Å². The van der Waals surface area contributed by atoms with Gasteiger partial charge >= 0.3 is 0 Å². The first kappa shape index (κ1) is 22.8. The number of morpholine rings is 1. The lowest BCUT2D eigenvalue weighted by Gasteiger charge is -2.55. The van der Waals surface area contributed by atoms with Crippen LogP contribution in [0.3, 0.4) is 0 Å². The Morgan fingerprint density at radius 2 is 1.74 bits per heavy atom. The molecule has 4 aliphatic carbocycles. The minimum absolute atomic E-state index is 0.0739. The van der Waals surface area contributed by atoms with E-state index in [0.717, 1.165) is 22.8 Å². The number of carbonyl (C=O) groups is 1. The largest absolute Gasteiger partial charge is 0.379 e. The highest BCUT2D eigenvalue weighted by atomic mass is 35.5. The van der Waals surface area contributed by atoms with Gasteiger partial charge < -0.3 is 4.74 Å². The molecule has 0 unspecified atom stereocenters. The van der Waals surface area contributed by atoms with Crippen LogP contribution in [0.2, 0.25) is 5.02 Å². The van der Waals surface area contributed by atoms with Crippen LogP contribution in [0.15, 0.2) is 23.1 Å². The van der Waals surface area contributed by atoms with Gasteiger partial charge in [-0.3, -0.25) is 10.1 Å². The number of rotatable bonds is 5. The van der Waals surface area contributed by atoms with E-state index in [0.29, 0.717) is 18.3 Å². The number of halogens is 1. The molecule has 5 fully saturated rings. The zero-order valence-electron chi connectivity index (χ0n) is 18.7. The third-order valence-corrected chi connectivity index (χ3v) is 11.4. The fraction of sp³-hybridized carbons (Fsp3) is 0.609. The molecule has 8 nitrogen and oxygen atoms in total. The van der Waals surface area contributed by atoms with Crippen LogP contribution in [-0.4, -0.2) is 55.1 Å². The quantitative estimate of drug-likeness (QED) is 0.638. The fourth-order valence-electron chi connectivity index (χ4n) is 6.80. The predicted octanol–water partition coefficient (Wildman–Crippen LogP) is 3.93. The van der Waals surface area contributed by atoms with E-state index in [9.17, 15) is 13.2 Å². The van der Waals surface area contributed by atoms with E-state index in [-0.39, 0.29) is 34.0 Å². The first-order valence-electron chi connectivity index (χ1n) is 11.9. The van der Waals surface area contributed by atoms with Crippen molar-refractivity contribution in [1.29, 1.82) is 0 Å². The molecule has 1 saturated heterocycles. The summed E-state index contributed by atoms with van der Waals surface area (Å²) in [5, 5.41) is 13.2. The van der Waals surface area contributed by atoms with Gasteiger partial charge in [-0.15, -0.1) is 10.2 Å². The highest BCUT2D eigenvalue weighted by Crippen LogP contribution is 2.61. The standard InChI is InChI=1S/C23H27ClN4O4S2/c24-18-2-1-17(10-19(18)34(30,31)28-3-5-32-6-4-28)20(29)25-22-27-26-21(33-22)23-11-14-7-15(12-23)9-16(8-14)13-23/h1-2,10,14-16H,3-9,11-13H2,(H,25,27,29). The maximum absolute atomic E-state index is 13.1. The molecule has 34 heavy (non-hydrogen) atoms. The molecule has 2 aromatic rings. The summed E-state index contributed by atoms with van der Waals surface area (Å²) in [4.78, 5) is 12.9. The minimum atomic E-state index is -3.83. The molecule has 0 spiro atoms. The van der Waals surface area contributed by atoms with Crippen molar-refractivity contribution in [2.75, 3.05) is 31.6 Å². The Balaban J connectivity index is 1.21. The van der Waals surface area contributed by atoms with Gasteiger partial charge in [-0.25, -0.2) is 8.42 Å². The predicted molar refractivity (Wildman–Crippen MR) is 129 cm³/mol. The smallest absolute Gasteiger partial charge is 0.257 e. The third-order valence-electron chi connectivity index (χ3n) is 7.92. The number of nitrogens with one attached hydrogen (secondary N) is 1. The molecule has 7 rings (SSSR count). The van der Waals surface area contributed by atoms with Crippen molar-refractivity contribution in [2.24, 2.45) is 17.8 Å². The summed E-state index contributed by atoms with van der Waals surface area (Å²) >= 11 is 7.69. The van der Waals surface area contributed by atoms with Gasteiger partial charge in [0.15, 0.2) is 0 Å². The SMILES string of the molecule is O=C(Nc1nnc(C23CC4CC(CC(C4)C2)C3)s1)c1ccc(Cl)c(S(=O)(=O)N2CCOCC2)c1. The Kier molecular flexibility index (Phi) is 5.72. The normalized spacial score (nSPS) is 31.0. The molecule has 5 aliphatic rings. The van der Waals surface area contributed by atoms with Gasteiger partial charge in [-0.2, -0.15) is 4.31 Å². The molecule has 2 heterocycles. The summed E-state index contributed by atoms with van der Waals surface area (Å²) in [5.41, 5.74) is 0.331. The zero-order chi connectivity index (χ0) is 23.5. The Morgan fingerprint density at radius 1 is 1.09 bits per heavy atom. The van der Waals surface area contributed by atoms with E-state index in [1.165, 1.54) is 72.4 Å². The summed E-state index contributed by atoms with van der Waals surface area (Å²) in [7, 11) is -3.83. The summed E-state index contributed by atoms with van der Waals surface area (Å²) in [6, 6.07) is 4.31. The van der Waals surface area contributed by atoms with Crippen molar-refractivity contribution < 1.29 is 17.9 Å². The van der Waals surface area contributed by atoms with E-state index < -0.39 is 15.9 Å². The molecular formula is C23H27ClN4O4S2. The molecule has 1 aliphatic heterocycles. The summed E-state index contributed by atoms with van der Waals surface area (Å²) < 4.78 is 32.8. The lowest BCUT2D eigenvalue weighted by molar-refractivity contribution is -0.00555. The van der Waals surface area contributed by atoms with Crippen molar-refractivity contribution in [1.82, 2.24) is 14.5 Å². The number of nitrogens with zero attached hydrogens (tertiary/aromatic N) is 3. The minimum Gasteiger partial charge on any atom is -0.379 e. The van der Waals surface area contributed by atoms with Gasteiger partial charge in [-0.05, 0) is 74.5 Å². The number of hydrogen-bond donors (Lipinski definition) is 1. The number of amides is 1. The number of benzene rings is 1. The van der Waals surface area contributed by atoms with E-state index in [1.807, 2.05) is 0 Å². The molecule has 4 saturated carbocycles. The molecule has 11 heteroatoms. The molecule has 1 N–H and O–H groups in total. The second-order valence-corrected chi connectivity index (χ2v) is 13.5. The Labute approximate surface area is 208 Å². The molecule has 0 atom stereocenters. The number of anilines is 1. The lowest BCUT2D eigenvalue weighted by Crippen LogP contribution is -2.48. The van der Waals surface area contributed by atoms with Crippen LogP contribution in [0.4, 0.5) is 5.13 Å². The van der Waals surface area contributed by atoms with Crippen LogP contribution >= 0.6 is 22.9 Å². The molecule has 0 radical (unpaired) electrons. The number of hydrogen-bond acceptors (Lipinski definition) is 7. The number of carbonyl (C=O) groups excluding carboxylic acids is 1. The van der Waals surface area contributed by atoms with E-state index in [2.05, 4.69) is 15.5 Å². The Hall–Kier alpha value is -1.59. The van der Waals surface area contributed by atoms with Crippen LogP contribution < -0.4 is 5.32 Å². The average molecular weight is 523 g/mol. The van der Waals surface area contributed by atoms with Gasteiger partial charge in [0.2, 0.25) is 15.2 Å². The van der Waals surface area contributed by atoms with Crippen LogP contribution in [0.25, 0.3) is 0 Å². The molecule has 1 amide bonds. The van der Waals surface area contributed by atoms with Gasteiger partial charge in [0.25, 0.3) is 5.91 Å². The van der Waals surface area contributed by atoms with Crippen LogP contribution in [0, 0.1) is 17.8 Å². The van der Waals surface area contributed by atoms with Crippen molar-refractivity contribution in [3.8, 4) is 0 Å².